The molecule has 3 rings (SSSR count). The molecule has 0 saturated heterocycles. The molecule has 0 unspecified atom stereocenters. The number of halogens is 6. The molecule has 2 aromatic heterocycles. The Morgan fingerprint density at radius 3 is 2.52 bits per heavy atom. The highest BCUT2D eigenvalue weighted by Crippen LogP contribution is 2.33. The number of nitrogens with zero attached hydrogens (tertiary/aromatic N) is 5. The Morgan fingerprint density at radius 2 is 1.92 bits per heavy atom. The summed E-state index contributed by atoms with van der Waals surface area (Å²) < 4.78 is 68.6. The van der Waals surface area contributed by atoms with Crippen molar-refractivity contribution in [3.05, 3.63) is 36.2 Å². The van der Waals surface area contributed by atoms with Crippen molar-refractivity contribution in [2.45, 2.75) is 18.2 Å². The fraction of sp³-hybridized carbons (Fsp3) is 0.308. The van der Waals surface area contributed by atoms with Crippen LogP contribution in [0.15, 0.2) is 24.5 Å². The molecule has 0 amide bonds. The van der Waals surface area contributed by atoms with Crippen LogP contribution in [0, 0.1) is 0 Å². The van der Waals surface area contributed by atoms with Crippen LogP contribution in [0.3, 0.4) is 0 Å². The zero-order valence-electron chi connectivity index (χ0n) is 12.2. The van der Waals surface area contributed by atoms with E-state index >= 15 is 0 Å². The summed E-state index contributed by atoms with van der Waals surface area (Å²) in [6.45, 7) is -1.53. The smallest absolute Gasteiger partial charge is 0.422 e. The highest BCUT2D eigenvalue weighted by molar-refractivity contribution is 6.21. The van der Waals surface area contributed by atoms with E-state index in [4.69, 9.17) is 11.6 Å². The van der Waals surface area contributed by atoms with Crippen LogP contribution >= 0.6 is 11.6 Å². The van der Waals surface area contributed by atoms with Crippen molar-refractivity contribution < 1.29 is 26.7 Å². The first-order chi connectivity index (χ1) is 11.6. The van der Waals surface area contributed by atoms with Crippen LogP contribution in [-0.2, 0) is 12.1 Å². The van der Waals surface area contributed by atoms with Gasteiger partial charge in [-0.15, -0.1) is 10.2 Å². The molecule has 0 spiro atoms. The van der Waals surface area contributed by atoms with Gasteiger partial charge >= 0.3 is 11.6 Å². The Kier molecular flexibility index (Phi) is 4.27. The van der Waals surface area contributed by atoms with Gasteiger partial charge in [-0.2, -0.15) is 22.0 Å². The number of hydrogen-bond donors (Lipinski definition) is 0. The number of anilines is 1. The van der Waals surface area contributed by atoms with Gasteiger partial charge in [-0.1, -0.05) is 0 Å². The average Bonchev–Trinajstić information content (AvgIpc) is 2.96. The molecule has 0 radical (unpaired) electrons. The average molecular weight is 382 g/mol. The van der Waals surface area contributed by atoms with Crippen molar-refractivity contribution in [1.29, 1.82) is 0 Å². The molecule has 0 N–H and O–H groups in total. The van der Waals surface area contributed by atoms with E-state index in [0.29, 0.717) is 5.69 Å². The zero-order valence-corrected chi connectivity index (χ0v) is 13.0. The molecule has 25 heavy (non-hydrogen) atoms. The Morgan fingerprint density at radius 1 is 1.16 bits per heavy atom. The van der Waals surface area contributed by atoms with Gasteiger partial charge < -0.3 is 9.64 Å². The van der Waals surface area contributed by atoms with Crippen LogP contribution in [0.2, 0.25) is 0 Å². The van der Waals surface area contributed by atoms with E-state index in [2.05, 4.69) is 19.9 Å². The molecule has 0 atom stereocenters. The Bertz CT molecular complexity index is 784. The Labute approximate surface area is 142 Å². The molecule has 2 aromatic rings. The van der Waals surface area contributed by atoms with Gasteiger partial charge in [0.1, 0.15) is 6.67 Å². The van der Waals surface area contributed by atoms with E-state index in [1.807, 2.05) is 0 Å². The molecule has 0 fully saturated rings. The van der Waals surface area contributed by atoms with E-state index in [1.165, 1.54) is 29.3 Å². The third kappa shape index (κ3) is 3.98. The highest BCUT2D eigenvalue weighted by Gasteiger charge is 2.36. The van der Waals surface area contributed by atoms with Gasteiger partial charge in [0.25, 0.3) is 0 Å². The minimum Gasteiger partial charge on any atom is -0.468 e. The van der Waals surface area contributed by atoms with Crippen LogP contribution in [0.4, 0.5) is 27.6 Å². The first-order valence-corrected chi connectivity index (χ1v) is 7.12. The van der Waals surface area contributed by atoms with Crippen molar-refractivity contribution in [3.63, 3.8) is 0 Å². The molecule has 0 bridgehead atoms. The van der Waals surface area contributed by atoms with Crippen LogP contribution < -0.4 is 9.64 Å². The predicted octanol–water partition coefficient (Wildman–Crippen LogP) is 3.35. The lowest BCUT2D eigenvalue weighted by atomic mass is 10.3. The van der Waals surface area contributed by atoms with Crippen molar-refractivity contribution in [2.24, 2.45) is 0 Å². The highest BCUT2D eigenvalue weighted by atomic mass is 35.5. The van der Waals surface area contributed by atoms with Crippen LogP contribution in [0.25, 0.3) is 6.08 Å². The molecule has 12 heteroatoms. The molecule has 1 aliphatic rings. The normalized spacial score (nSPS) is 14.6. The van der Waals surface area contributed by atoms with Gasteiger partial charge in [-0.3, -0.25) is 4.57 Å². The van der Waals surface area contributed by atoms with Gasteiger partial charge in [0.05, 0.1) is 11.9 Å². The van der Waals surface area contributed by atoms with Gasteiger partial charge in [-0.05, 0) is 23.7 Å². The summed E-state index contributed by atoms with van der Waals surface area (Å²) in [4.78, 5) is 5.28. The summed E-state index contributed by atoms with van der Waals surface area (Å²) in [7, 11) is 0. The quantitative estimate of drug-likeness (QED) is 0.600. The molecule has 0 saturated carbocycles. The van der Waals surface area contributed by atoms with Crippen molar-refractivity contribution >= 4 is 23.4 Å². The summed E-state index contributed by atoms with van der Waals surface area (Å²) in [5.41, 5.74) is 0.443. The zero-order chi connectivity index (χ0) is 18.2. The summed E-state index contributed by atoms with van der Waals surface area (Å²) in [5.74, 6) is -0.721. The van der Waals surface area contributed by atoms with Gasteiger partial charge in [-0.25, -0.2) is 4.98 Å². The summed E-state index contributed by atoms with van der Waals surface area (Å²) in [6, 6.07) is 2.69. The summed E-state index contributed by atoms with van der Waals surface area (Å²) in [5, 5.41) is 3.29. The lowest BCUT2D eigenvalue weighted by Gasteiger charge is -2.25. The lowest BCUT2D eigenvalue weighted by Crippen LogP contribution is -2.27. The monoisotopic (exact) mass is 381 g/mol. The number of hydrogen-bond acceptors (Lipinski definition) is 5. The minimum absolute atomic E-state index is 0.0685. The summed E-state index contributed by atoms with van der Waals surface area (Å²) in [6.07, 6.45) is -0.224. The third-order valence-electron chi connectivity index (χ3n) is 3.17. The molecule has 0 aliphatic carbocycles. The van der Waals surface area contributed by atoms with Crippen molar-refractivity contribution in [3.8, 4) is 5.88 Å². The predicted molar refractivity (Wildman–Crippen MR) is 77.1 cm³/mol. The molecule has 0 aromatic carbocycles. The maximum Gasteiger partial charge on any atom is 0.422 e. The summed E-state index contributed by atoms with van der Waals surface area (Å²) >= 11 is 5.00. The molecule has 3 heterocycles. The maximum atomic E-state index is 13.3. The molecular weight excluding hydrogens is 373 g/mol. The second kappa shape index (κ2) is 6.14. The van der Waals surface area contributed by atoms with Crippen molar-refractivity contribution in [1.82, 2.24) is 19.7 Å². The minimum atomic E-state index is -4.47. The van der Waals surface area contributed by atoms with Gasteiger partial charge in [0.15, 0.2) is 12.4 Å². The molecule has 1 aliphatic heterocycles. The van der Waals surface area contributed by atoms with Crippen LogP contribution in [-0.4, -0.2) is 32.5 Å². The second-order valence-corrected chi connectivity index (χ2v) is 5.47. The van der Waals surface area contributed by atoms with E-state index in [9.17, 15) is 22.0 Å². The fourth-order valence-corrected chi connectivity index (χ4v) is 2.23. The first-order valence-electron chi connectivity index (χ1n) is 6.74. The van der Waals surface area contributed by atoms with E-state index in [1.54, 1.807) is 6.20 Å². The van der Waals surface area contributed by atoms with E-state index in [-0.39, 0.29) is 18.4 Å². The molecule has 134 valence electrons. The topological polar surface area (TPSA) is 56.1 Å². The number of pyridine rings is 1. The van der Waals surface area contributed by atoms with Gasteiger partial charge in [0.2, 0.25) is 11.7 Å². The lowest BCUT2D eigenvalue weighted by molar-refractivity contribution is -0.154. The number of ether oxygens (including phenoxy) is 1. The standard InChI is InChI=1S/C13H9ClF5N5O/c14-13(18,19)11-22-21-9-3-4-23(7-24(9)11)8-1-2-10(20-5-8)25-6-12(15,16)17/h1-5H,6-7H2. The number of aromatic nitrogens is 4. The van der Waals surface area contributed by atoms with Crippen LogP contribution in [0.1, 0.15) is 11.6 Å². The first kappa shape index (κ1) is 17.4. The van der Waals surface area contributed by atoms with Crippen molar-refractivity contribution in [2.75, 3.05) is 11.5 Å². The van der Waals surface area contributed by atoms with Gasteiger partial charge in [0, 0.05) is 12.3 Å². The number of rotatable bonds is 4. The second-order valence-electron chi connectivity index (χ2n) is 4.99. The number of fused-ring (bicyclic) bond motifs is 1. The Hall–Kier alpha value is -2.43. The SMILES string of the molecule is FC(F)(F)COc1ccc(N2C=Cc3nnc(C(F)(F)Cl)n3C2)cn1. The number of alkyl halides is 6. The third-order valence-corrected chi connectivity index (χ3v) is 3.34. The molecule has 6 nitrogen and oxygen atoms in total. The van der Waals surface area contributed by atoms with Crippen LogP contribution in [0.5, 0.6) is 5.88 Å². The van der Waals surface area contributed by atoms with E-state index in [0.717, 1.165) is 4.57 Å². The Balaban J connectivity index is 1.75. The largest absolute Gasteiger partial charge is 0.468 e. The fourth-order valence-electron chi connectivity index (χ4n) is 2.09. The molecular formula is C13H9ClF5N5O. The van der Waals surface area contributed by atoms with E-state index < -0.39 is 24.0 Å². The maximum absolute atomic E-state index is 13.3.